The van der Waals surface area contributed by atoms with Crippen LogP contribution in [0.1, 0.15) is 127 Å². The molecule has 1 aromatic carbocycles. The lowest BCUT2D eigenvalue weighted by Crippen LogP contribution is -2.51. The van der Waals surface area contributed by atoms with Crippen molar-refractivity contribution in [2.24, 2.45) is 17.3 Å². The SMILES string of the molecule is C=CCCC(C)(C)Cc1c(-c2cc(N3CCN(C4CC4)CC3)cnc2C(C)C)n(CC(F)(F)F)c2ccc(-c3csc(CC(NC(=C)C(C4CCCC4)N4CCC(CNCC)C4)C(=C)N4CCCCN4)n3)cc12. The Kier molecular flexibility index (Phi) is 17.2. The molecule has 0 spiro atoms. The zero-order chi connectivity index (χ0) is 51.4. The summed E-state index contributed by atoms with van der Waals surface area (Å²) in [5, 5.41) is 13.8. The largest absolute Gasteiger partial charge is 0.406 e. The number of allylic oxidation sites excluding steroid dienone is 1. The van der Waals surface area contributed by atoms with Crippen molar-refractivity contribution >= 4 is 27.9 Å². The highest BCUT2D eigenvalue weighted by Crippen LogP contribution is 2.45. The quantitative estimate of drug-likeness (QED) is 0.0630. The fourth-order valence-electron chi connectivity index (χ4n) is 12.6. The number of pyridine rings is 1. The van der Waals surface area contributed by atoms with Crippen molar-refractivity contribution in [3.05, 3.63) is 89.3 Å². The molecule has 0 amide bonds. The second-order valence-corrected chi connectivity index (χ2v) is 24.2. The molecule has 398 valence electrons. The van der Waals surface area contributed by atoms with E-state index in [4.69, 9.17) is 23.1 Å². The van der Waals surface area contributed by atoms with Crippen LogP contribution in [-0.2, 0) is 19.4 Å². The molecule has 73 heavy (non-hydrogen) atoms. The molecular weight excluding hydrogens is 938 g/mol. The normalized spacial score (nSPS) is 20.6. The van der Waals surface area contributed by atoms with E-state index in [2.05, 4.69) is 94.5 Å². The number of nitrogens with zero attached hydrogens (tertiary/aromatic N) is 7. The summed E-state index contributed by atoms with van der Waals surface area (Å²) in [6.45, 7) is 33.1. The van der Waals surface area contributed by atoms with Gasteiger partial charge >= 0.3 is 6.18 Å². The maximum Gasteiger partial charge on any atom is 0.406 e. The van der Waals surface area contributed by atoms with Gasteiger partial charge in [-0.25, -0.2) is 10.4 Å². The summed E-state index contributed by atoms with van der Waals surface area (Å²) < 4.78 is 46.8. The molecule has 14 heteroatoms. The number of fused-ring (bicyclic) bond motifs is 1. The number of benzene rings is 1. The summed E-state index contributed by atoms with van der Waals surface area (Å²) in [6.07, 6.45) is 13.3. The fourth-order valence-corrected chi connectivity index (χ4v) is 13.5. The van der Waals surface area contributed by atoms with Gasteiger partial charge in [-0.2, -0.15) is 13.2 Å². The Morgan fingerprint density at radius 2 is 1.75 bits per heavy atom. The third-order valence-corrected chi connectivity index (χ3v) is 17.5. The molecule has 5 fully saturated rings. The summed E-state index contributed by atoms with van der Waals surface area (Å²) >= 11 is 1.64. The van der Waals surface area contributed by atoms with Crippen molar-refractivity contribution < 1.29 is 13.2 Å². The second kappa shape index (κ2) is 23.4. The van der Waals surface area contributed by atoms with Crippen LogP contribution in [0.3, 0.4) is 0 Å². The van der Waals surface area contributed by atoms with Crippen LogP contribution in [0, 0.1) is 17.3 Å². The first-order valence-electron chi connectivity index (χ1n) is 28.0. The average molecular weight is 1020 g/mol. The Morgan fingerprint density at radius 1 is 0.973 bits per heavy atom. The van der Waals surface area contributed by atoms with Gasteiger partial charge in [0.2, 0.25) is 0 Å². The van der Waals surface area contributed by atoms with Crippen LogP contribution < -0.4 is 21.0 Å². The van der Waals surface area contributed by atoms with Crippen molar-refractivity contribution in [1.29, 1.82) is 0 Å². The number of alkyl halides is 3. The van der Waals surface area contributed by atoms with Gasteiger partial charge in [0, 0.05) is 97.1 Å². The first-order chi connectivity index (χ1) is 35.1. The van der Waals surface area contributed by atoms with Crippen LogP contribution in [0.4, 0.5) is 18.9 Å². The molecule has 0 bridgehead atoms. The molecule has 0 radical (unpaired) electrons. The summed E-state index contributed by atoms with van der Waals surface area (Å²) in [6, 6.07) is 8.99. The van der Waals surface area contributed by atoms with Crippen molar-refractivity contribution in [3.8, 4) is 22.5 Å². The molecular formula is C59H85F3N10S. The van der Waals surface area contributed by atoms with Gasteiger partial charge in [-0.05, 0) is 131 Å². The predicted molar refractivity (Wildman–Crippen MR) is 297 cm³/mol. The smallest absolute Gasteiger partial charge is 0.379 e. The Morgan fingerprint density at radius 3 is 2.44 bits per heavy atom. The predicted octanol–water partition coefficient (Wildman–Crippen LogP) is 12.0. The number of thiazole rings is 1. The number of aromatic nitrogens is 3. The van der Waals surface area contributed by atoms with Crippen LogP contribution in [0.15, 0.2) is 73.0 Å². The third-order valence-electron chi connectivity index (χ3n) is 16.7. The fraction of sp³-hybridized carbons (Fsp3) is 0.627. The van der Waals surface area contributed by atoms with E-state index in [1.165, 1.54) is 44.9 Å². The van der Waals surface area contributed by atoms with E-state index in [1.54, 1.807) is 15.9 Å². The lowest BCUT2D eigenvalue weighted by molar-refractivity contribution is -0.139. The van der Waals surface area contributed by atoms with Crippen LogP contribution in [-0.4, -0.2) is 119 Å². The molecule has 5 aliphatic rings. The lowest BCUT2D eigenvalue weighted by Gasteiger charge is -2.39. The number of likely N-dealkylation sites (tertiary alicyclic amines) is 1. The van der Waals surface area contributed by atoms with E-state index in [9.17, 15) is 0 Å². The highest BCUT2D eigenvalue weighted by Gasteiger charge is 2.39. The molecule has 10 nitrogen and oxygen atoms in total. The Bertz CT molecular complexity index is 2520. The third kappa shape index (κ3) is 12.9. The standard InChI is InChI=1S/C59H85F3N10S/c1-9-11-23-58(7,8)34-50-48-31-45(18-21-53(48)71(39-59(60,61)62)57(50)49-32-47(36-64-55(49)40(3)4)69-29-27-68(28-30-69)46-19-20-46)52-38-73-54(67-52)33-51(42(6)72-25-15-14-24-65-72)66-41(5)56(44-16-12-13-17-44)70-26-22-43(37-70)35-63-10-2/h9,18,21,31-32,36,38,40,43-44,46,51,56,63,65-66H,1,5-6,10-17,19-20,22-30,33-35,37,39H2,2-4,7-8H3. The highest BCUT2D eigenvalue weighted by atomic mass is 32.1. The molecule has 3 unspecified atom stereocenters. The average Bonchev–Trinajstić information content (AvgIpc) is 3.67. The zero-order valence-electron chi connectivity index (χ0n) is 44.8. The van der Waals surface area contributed by atoms with Gasteiger partial charge in [0.25, 0.3) is 0 Å². The number of hydrogen-bond donors (Lipinski definition) is 3. The van der Waals surface area contributed by atoms with Crippen molar-refractivity contribution in [2.75, 3.05) is 70.3 Å². The minimum Gasteiger partial charge on any atom is -0.379 e. The summed E-state index contributed by atoms with van der Waals surface area (Å²) in [5.41, 5.74) is 11.9. The molecule has 6 heterocycles. The van der Waals surface area contributed by atoms with Gasteiger partial charge in [0.1, 0.15) is 6.54 Å². The second-order valence-electron chi connectivity index (χ2n) is 23.2. The van der Waals surface area contributed by atoms with Crippen LogP contribution in [0.5, 0.6) is 0 Å². The summed E-state index contributed by atoms with van der Waals surface area (Å²) in [7, 11) is 0. The maximum atomic E-state index is 15.1. The van der Waals surface area contributed by atoms with Crippen molar-refractivity contribution in [3.63, 3.8) is 0 Å². The van der Waals surface area contributed by atoms with Gasteiger partial charge in [-0.15, -0.1) is 17.9 Å². The Labute approximate surface area is 438 Å². The van der Waals surface area contributed by atoms with Crippen LogP contribution in [0.2, 0.25) is 0 Å². The lowest BCUT2D eigenvalue weighted by atomic mass is 9.80. The molecule has 2 aliphatic carbocycles. The van der Waals surface area contributed by atoms with E-state index in [1.807, 2.05) is 24.4 Å². The van der Waals surface area contributed by atoms with Gasteiger partial charge < -0.3 is 25.1 Å². The number of piperazine rings is 1. The first kappa shape index (κ1) is 53.6. The van der Waals surface area contributed by atoms with Crippen LogP contribution >= 0.6 is 11.3 Å². The molecule has 9 rings (SSSR count). The van der Waals surface area contributed by atoms with Gasteiger partial charge in [-0.1, -0.05) is 72.8 Å². The first-order valence-corrected chi connectivity index (χ1v) is 28.8. The summed E-state index contributed by atoms with van der Waals surface area (Å²) in [5.74, 6) is 1.21. The van der Waals surface area contributed by atoms with Crippen LogP contribution in [0.25, 0.3) is 33.4 Å². The molecule has 4 aromatic rings. The molecule has 3 aliphatic heterocycles. The summed E-state index contributed by atoms with van der Waals surface area (Å²) in [4.78, 5) is 18.1. The minimum atomic E-state index is -4.45. The van der Waals surface area contributed by atoms with Crippen molar-refractivity contribution in [1.82, 2.24) is 45.4 Å². The Balaban J connectivity index is 1.07. The van der Waals surface area contributed by atoms with Crippen molar-refractivity contribution in [2.45, 2.75) is 155 Å². The number of hydrazine groups is 1. The molecule has 3 aromatic heterocycles. The van der Waals surface area contributed by atoms with Gasteiger partial charge in [-0.3, -0.25) is 14.8 Å². The van der Waals surface area contributed by atoms with E-state index < -0.39 is 12.7 Å². The highest BCUT2D eigenvalue weighted by molar-refractivity contribution is 7.10. The minimum absolute atomic E-state index is 0.00902. The molecule has 3 N–H and O–H groups in total. The number of rotatable bonds is 23. The maximum absolute atomic E-state index is 15.1. The molecule has 3 saturated heterocycles. The zero-order valence-corrected chi connectivity index (χ0v) is 45.6. The number of halogens is 3. The topological polar surface area (TPSA) is 79.8 Å². The van der Waals surface area contributed by atoms with E-state index in [0.717, 1.165) is 147 Å². The van der Waals surface area contributed by atoms with Gasteiger partial charge in [0.15, 0.2) is 0 Å². The number of anilines is 1. The monoisotopic (exact) mass is 1020 g/mol. The molecule has 3 atom stereocenters. The van der Waals surface area contributed by atoms with E-state index >= 15 is 13.2 Å². The number of hydrogen-bond acceptors (Lipinski definition) is 10. The number of nitrogens with one attached hydrogen (secondary N) is 3. The molecule has 2 saturated carbocycles. The van der Waals surface area contributed by atoms with Gasteiger partial charge in [0.05, 0.1) is 46.1 Å². The Hall–Kier alpha value is -4.21. The van der Waals surface area contributed by atoms with E-state index in [0.29, 0.717) is 41.9 Å². The van der Waals surface area contributed by atoms with E-state index in [-0.39, 0.29) is 23.4 Å².